The van der Waals surface area contributed by atoms with Gasteiger partial charge in [0.15, 0.2) is 0 Å². The third-order valence-corrected chi connectivity index (χ3v) is 4.69. The summed E-state index contributed by atoms with van der Waals surface area (Å²) in [5.74, 6) is -0.0663. The van der Waals surface area contributed by atoms with E-state index >= 15 is 0 Å². The van der Waals surface area contributed by atoms with E-state index in [0.29, 0.717) is 36.7 Å². The number of halogens is 1. The minimum atomic E-state index is -0.321. The summed E-state index contributed by atoms with van der Waals surface area (Å²) >= 11 is 0. The van der Waals surface area contributed by atoms with Crippen LogP contribution >= 0.6 is 0 Å². The molecule has 1 aromatic carbocycles. The Bertz CT molecular complexity index is 759. The van der Waals surface area contributed by atoms with Gasteiger partial charge in [-0.25, -0.2) is 4.39 Å². The van der Waals surface area contributed by atoms with Crippen molar-refractivity contribution in [2.75, 3.05) is 19.6 Å². The average molecular weight is 355 g/mol. The Hall–Kier alpha value is -2.76. The SMILES string of the molecule is O=C(NCC1CCN(C(=O)Cc2cccc(F)c2)CC1)c1cccnc1. The summed E-state index contributed by atoms with van der Waals surface area (Å²) in [7, 11) is 0. The van der Waals surface area contributed by atoms with Crippen LogP contribution in [0.5, 0.6) is 0 Å². The van der Waals surface area contributed by atoms with Crippen molar-refractivity contribution in [1.29, 1.82) is 0 Å². The van der Waals surface area contributed by atoms with E-state index in [0.717, 1.165) is 12.8 Å². The molecule has 0 unspecified atom stereocenters. The monoisotopic (exact) mass is 355 g/mol. The number of piperidine rings is 1. The molecule has 2 heterocycles. The maximum Gasteiger partial charge on any atom is 0.252 e. The molecule has 1 aromatic heterocycles. The van der Waals surface area contributed by atoms with E-state index in [1.165, 1.54) is 12.1 Å². The topological polar surface area (TPSA) is 62.3 Å². The van der Waals surface area contributed by atoms with Gasteiger partial charge in [-0.05, 0) is 48.6 Å². The predicted molar refractivity (Wildman–Crippen MR) is 96.0 cm³/mol. The van der Waals surface area contributed by atoms with Crippen molar-refractivity contribution >= 4 is 11.8 Å². The molecule has 0 bridgehead atoms. The standard InChI is InChI=1S/C20H22FN3O2/c21-18-5-1-3-16(11-18)12-19(25)24-9-6-15(7-10-24)13-23-20(26)17-4-2-8-22-14-17/h1-5,8,11,14-15H,6-7,9-10,12-13H2,(H,23,26). The van der Waals surface area contributed by atoms with Gasteiger partial charge >= 0.3 is 0 Å². The Morgan fingerprint density at radius 2 is 2.00 bits per heavy atom. The van der Waals surface area contributed by atoms with E-state index in [-0.39, 0.29) is 24.1 Å². The van der Waals surface area contributed by atoms with Gasteiger partial charge in [0, 0.05) is 32.0 Å². The third-order valence-electron chi connectivity index (χ3n) is 4.69. The van der Waals surface area contributed by atoms with Gasteiger partial charge in [-0.2, -0.15) is 0 Å². The molecule has 1 aliphatic rings. The number of hydrogen-bond acceptors (Lipinski definition) is 3. The number of nitrogens with zero attached hydrogens (tertiary/aromatic N) is 2. The quantitative estimate of drug-likeness (QED) is 0.896. The van der Waals surface area contributed by atoms with Crippen molar-refractivity contribution in [3.63, 3.8) is 0 Å². The maximum absolute atomic E-state index is 13.2. The summed E-state index contributed by atoms with van der Waals surface area (Å²) in [6.07, 6.45) is 5.10. The highest BCUT2D eigenvalue weighted by atomic mass is 19.1. The molecule has 0 aliphatic carbocycles. The fourth-order valence-electron chi connectivity index (χ4n) is 3.16. The highest BCUT2D eigenvalue weighted by Crippen LogP contribution is 2.18. The largest absolute Gasteiger partial charge is 0.352 e. The number of hydrogen-bond donors (Lipinski definition) is 1. The van der Waals surface area contributed by atoms with E-state index in [9.17, 15) is 14.0 Å². The van der Waals surface area contributed by atoms with Gasteiger partial charge in [-0.1, -0.05) is 12.1 Å². The van der Waals surface area contributed by atoms with Crippen LogP contribution in [0.1, 0.15) is 28.8 Å². The molecule has 136 valence electrons. The van der Waals surface area contributed by atoms with Crippen molar-refractivity contribution in [3.05, 3.63) is 65.7 Å². The van der Waals surface area contributed by atoms with E-state index < -0.39 is 0 Å². The Balaban J connectivity index is 1.42. The van der Waals surface area contributed by atoms with Gasteiger partial charge in [0.25, 0.3) is 5.91 Å². The summed E-state index contributed by atoms with van der Waals surface area (Å²) in [4.78, 5) is 30.2. The number of pyridine rings is 1. The lowest BCUT2D eigenvalue weighted by Crippen LogP contribution is -2.42. The summed E-state index contributed by atoms with van der Waals surface area (Å²) < 4.78 is 13.2. The van der Waals surface area contributed by atoms with E-state index in [1.807, 2.05) is 4.90 Å². The lowest BCUT2D eigenvalue weighted by Gasteiger charge is -2.32. The summed E-state index contributed by atoms with van der Waals surface area (Å²) in [5.41, 5.74) is 1.25. The lowest BCUT2D eigenvalue weighted by atomic mass is 9.96. The minimum absolute atomic E-state index is 0.0217. The molecule has 6 heteroatoms. The van der Waals surface area contributed by atoms with Gasteiger partial charge < -0.3 is 10.2 Å². The first-order valence-electron chi connectivity index (χ1n) is 8.82. The molecule has 1 aliphatic heterocycles. The molecule has 0 radical (unpaired) electrons. The van der Waals surface area contributed by atoms with E-state index in [4.69, 9.17) is 0 Å². The predicted octanol–water partition coefficient (Wildman–Crippen LogP) is 2.43. The van der Waals surface area contributed by atoms with Crippen LogP contribution in [-0.4, -0.2) is 41.3 Å². The van der Waals surface area contributed by atoms with Crippen LogP contribution in [0, 0.1) is 11.7 Å². The van der Waals surface area contributed by atoms with Gasteiger partial charge in [0.1, 0.15) is 5.82 Å². The zero-order valence-electron chi connectivity index (χ0n) is 14.5. The van der Waals surface area contributed by atoms with Crippen molar-refractivity contribution in [2.45, 2.75) is 19.3 Å². The molecule has 1 fully saturated rings. The Morgan fingerprint density at radius 3 is 2.69 bits per heavy atom. The van der Waals surface area contributed by atoms with Crippen LogP contribution in [0.2, 0.25) is 0 Å². The van der Waals surface area contributed by atoms with Crippen LogP contribution in [0.15, 0.2) is 48.8 Å². The number of nitrogens with one attached hydrogen (secondary N) is 1. The van der Waals surface area contributed by atoms with Crippen molar-refractivity contribution in [1.82, 2.24) is 15.2 Å². The normalized spacial score (nSPS) is 14.9. The van der Waals surface area contributed by atoms with Crippen LogP contribution in [0.25, 0.3) is 0 Å². The van der Waals surface area contributed by atoms with Crippen molar-refractivity contribution in [2.24, 2.45) is 5.92 Å². The number of carbonyl (C=O) groups is 2. The molecule has 2 aromatic rings. The summed E-state index contributed by atoms with van der Waals surface area (Å²) in [5, 5.41) is 2.93. The number of rotatable bonds is 5. The first-order chi connectivity index (χ1) is 12.6. The average Bonchev–Trinajstić information content (AvgIpc) is 2.67. The van der Waals surface area contributed by atoms with Crippen molar-refractivity contribution < 1.29 is 14.0 Å². The Labute approximate surface area is 152 Å². The Kier molecular flexibility index (Phi) is 5.94. The van der Waals surface area contributed by atoms with Gasteiger partial charge in [0.05, 0.1) is 12.0 Å². The van der Waals surface area contributed by atoms with E-state index in [2.05, 4.69) is 10.3 Å². The van der Waals surface area contributed by atoms with Crippen LogP contribution < -0.4 is 5.32 Å². The number of benzene rings is 1. The molecule has 1 saturated heterocycles. The fourth-order valence-corrected chi connectivity index (χ4v) is 3.16. The van der Waals surface area contributed by atoms with E-state index in [1.54, 1.807) is 36.7 Å². The van der Waals surface area contributed by atoms with Crippen LogP contribution in [0.4, 0.5) is 4.39 Å². The van der Waals surface area contributed by atoms with Gasteiger partial charge in [-0.15, -0.1) is 0 Å². The second-order valence-corrected chi connectivity index (χ2v) is 6.58. The highest BCUT2D eigenvalue weighted by molar-refractivity contribution is 5.93. The molecule has 2 amide bonds. The van der Waals surface area contributed by atoms with Crippen molar-refractivity contribution in [3.8, 4) is 0 Å². The molecule has 0 atom stereocenters. The first kappa shape index (κ1) is 18.0. The van der Waals surface area contributed by atoms with Crippen LogP contribution in [0.3, 0.4) is 0 Å². The molecule has 26 heavy (non-hydrogen) atoms. The number of amides is 2. The molecule has 5 nitrogen and oxygen atoms in total. The smallest absolute Gasteiger partial charge is 0.252 e. The summed E-state index contributed by atoms with van der Waals surface area (Å²) in [6.45, 7) is 1.93. The number of likely N-dealkylation sites (tertiary alicyclic amines) is 1. The maximum atomic E-state index is 13.2. The molecule has 0 spiro atoms. The lowest BCUT2D eigenvalue weighted by molar-refractivity contribution is -0.131. The third kappa shape index (κ3) is 4.88. The highest BCUT2D eigenvalue weighted by Gasteiger charge is 2.23. The zero-order chi connectivity index (χ0) is 18.4. The first-order valence-corrected chi connectivity index (χ1v) is 8.82. The molecular weight excluding hydrogens is 333 g/mol. The summed E-state index contributed by atoms with van der Waals surface area (Å²) in [6, 6.07) is 9.63. The molecule has 0 saturated carbocycles. The van der Waals surface area contributed by atoms with Gasteiger partial charge in [0.2, 0.25) is 5.91 Å². The molecular formula is C20H22FN3O2. The molecule has 3 rings (SSSR count). The zero-order valence-corrected chi connectivity index (χ0v) is 14.5. The molecule has 1 N–H and O–H groups in total. The minimum Gasteiger partial charge on any atom is -0.352 e. The fraction of sp³-hybridized carbons (Fsp3) is 0.350. The number of carbonyl (C=O) groups excluding carboxylic acids is 2. The Morgan fingerprint density at radius 1 is 1.19 bits per heavy atom. The van der Waals surface area contributed by atoms with Gasteiger partial charge in [-0.3, -0.25) is 14.6 Å². The second-order valence-electron chi connectivity index (χ2n) is 6.58. The number of aromatic nitrogens is 1. The van der Waals surface area contributed by atoms with Crippen LogP contribution in [-0.2, 0) is 11.2 Å². The second kappa shape index (κ2) is 8.56.